The zero-order chi connectivity index (χ0) is 11.1. The van der Waals surface area contributed by atoms with Crippen molar-refractivity contribution in [3.05, 3.63) is 42.0 Å². The van der Waals surface area contributed by atoms with Crippen molar-refractivity contribution in [3.63, 3.8) is 0 Å². The van der Waals surface area contributed by atoms with Crippen LogP contribution in [0.15, 0.2) is 36.4 Å². The van der Waals surface area contributed by atoms with Gasteiger partial charge in [0.15, 0.2) is 0 Å². The van der Waals surface area contributed by atoms with Crippen LogP contribution in [0.1, 0.15) is 5.56 Å². The Labute approximate surface area is 98.8 Å². The van der Waals surface area contributed by atoms with Crippen LogP contribution in [0, 0.1) is 0 Å². The Morgan fingerprint density at radius 2 is 2.07 bits per heavy atom. The highest BCUT2D eigenvalue weighted by Gasteiger charge is 1.97. The molecule has 0 aliphatic carbocycles. The minimum atomic E-state index is -0.196. The summed E-state index contributed by atoms with van der Waals surface area (Å²) in [5.74, 6) is -0.196. The van der Waals surface area contributed by atoms with Crippen LogP contribution in [0.5, 0.6) is 0 Å². The van der Waals surface area contributed by atoms with E-state index in [1.54, 1.807) is 6.08 Å². The molecule has 0 bridgehead atoms. The Morgan fingerprint density at radius 3 is 2.67 bits per heavy atom. The van der Waals surface area contributed by atoms with Crippen LogP contribution in [0.3, 0.4) is 0 Å². The molecule has 0 saturated heterocycles. The first-order chi connectivity index (χ1) is 7.22. The number of hydrogen-bond acceptors (Lipinski definition) is 3. The van der Waals surface area contributed by atoms with Gasteiger partial charge in [0.1, 0.15) is 4.32 Å². The third-order valence-corrected chi connectivity index (χ3v) is 2.71. The third-order valence-electron chi connectivity index (χ3n) is 1.64. The molecular formula is C11H11NOS2. The topological polar surface area (TPSA) is 29.1 Å². The van der Waals surface area contributed by atoms with Crippen molar-refractivity contribution in [3.8, 4) is 0 Å². The average molecular weight is 237 g/mol. The second kappa shape index (κ2) is 6.37. The van der Waals surface area contributed by atoms with E-state index >= 15 is 0 Å². The van der Waals surface area contributed by atoms with Crippen molar-refractivity contribution in [1.82, 2.24) is 5.32 Å². The van der Waals surface area contributed by atoms with Gasteiger partial charge in [-0.1, -0.05) is 42.5 Å². The summed E-state index contributed by atoms with van der Waals surface area (Å²) in [4.78, 5) is 11.3. The number of hydrogen-bond donors (Lipinski definition) is 1. The zero-order valence-electron chi connectivity index (χ0n) is 8.27. The smallest absolute Gasteiger partial charge is 0.249 e. The summed E-state index contributed by atoms with van der Waals surface area (Å²) in [6.07, 6.45) is 5.04. The van der Waals surface area contributed by atoms with Gasteiger partial charge in [-0.2, -0.15) is 0 Å². The zero-order valence-corrected chi connectivity index (χ0v) is 9.90. The Kier molecular flexibility index (Phi) is 5.07. The second-order valence-electron chi connectivity index (χ2n) is 2.72. The molecule has 0 aliphatic rings. The quantitative estimate of drug-likeness (QED) is 0.633. The molecule has 0 atom stereocenters. The minimum Gasteiger partial charge on any atom is -0.308 e. The Morgan fingerprint density at radius 1 is 1.40 bits per heavy atom. The normalized spacial score (nSPS) is 10.2. The molecule has 4 heteroatoms. The fourth-order valence-corrected chi connectivity index (χ4v) is 1.23. The molecule has 1 N–H and O–H groups in total. The lowest BCUT2D eigenvalue weighted by Crippen LogP contribution is -2.24. The van der Waals surface area contributed by atoms with Crippen molar-refractivity contribution < 1.29 is 4.79 Å². The third kappa shape index (κ3) is 4.76. The SMILES string of the molecule is CSC(=S)NC(=O)C=Cc1ccccc1. The van der Waals surface area contributed by atoms with E-state index in [-0.39, 0.29) is 5.91 Å². The van der Waals surface area contributed by atoms with Crippen LogP contribution >= 0.6 is 24.0 Å². The largest absolute Gasteiger partial charge is 0.308 e. The number of thiocarbonyl (C=S) groups is 1. The van der Waals surface area contributed by atoms with Gasteiger partial charge in [-0.15, -0.1) is 11.8 Å². The summed E-state index contributed by atoms with van der Waals surface area (Å²) in [5.41, 5.74) is 0.989. The summed E-state index contributed by atoms with van der Waals surface area (Å²) in [6, 6.07) is 9.63. The minimum absolute atomic E-state index is 0.196. The number of thioether (sulfide) groups is 1. The van der Waals surface area contributed by atoms with Crippen LogP contribution in [0.4, 0.5) is 0 Å². The summed E-state index contributed by atoms with van der Waals surface area (Å²) in [5, 5.41) is 2.57. The van der Waals surface area contributed by atoms with E-state index in [2.05, 4.69) is 5.32 Å². The van der Waals surface area contributed by atoms with Crippen molar-refractivity contribution >= 4 is 40.3 Å². The molecule has 0 aliphatic heterocycles. The molecule has 1 aromatic carbocycles. The molecular weight excluding hydrogens is 226 g/mol. The lowest BCUT2D eigenvalue weighted by molar-refractivity contribution is -0.115. The van der Waals surface area contributed by atoms with Gasteiger partial charge >= 0.3 is 0 Å². The first kappa shape index (κ1) is 11.9. The molecule has 0 aromatic heterocycles. The van der Waals surface area contributed by atoms with E-state index in [0.29, 0.717) is 4.32 Å². The summed E-state index contributed by atoms with van der Waals surface area (Å²) in [7, 11) is 0. The molecule has 1 amide bonds. The van der Waals surface area contributed by atoms with E-state index in [9.17, 15) is 4.79 Å². The number of carbonyl (C=O) groups excluding carboxylic acids is 1. The first-order valence-electron chi connectivity index (χ1n) is 4.34. The number of nitrogens with one attached hydrogen (secondary N) is 1. The number of benzene rings is 1. The number of carbonyl (C=O) groups is 1. The van der Waals surface area contributed by atoms with Gasteiger partial charge in [0, 0.05) is 6.08 Å². The van der Waals surface area contributed by atoms with E-state index < -0.39 is 0 Å². The van der Waals surface area contributed by atoms with Crippen LogP contribution in [-0.2, 0) is 4.79 Å². The Hall–Kier alpha value is -1.13. The predicted octanol–water partition coefficient (Wildman–Crippen LogP) is 2.46. The lowest BCUT2D eigenvalue weighted by atomic mass is 10.2. The summed E-state index contributed by atoms with van der Waals surface area (Å²) < 4.78 is 0.484. The molecule has 0 spiro atoms. The highest BCUT2D eigenvalue weighted by Crippen LogP contribution is 2.00. The maximum absolute atomic E-state index is 11.3. The van der Waals surface area contributed by atoms with Gasteiger partial charge < -0.3 is 5.32 Å². The van der Waals surface area contributed by atoms with Crippen molar-refractivity contribution in [1.29, 1.82) is 0 Å². The van der Waals surface area contributed by atoms with E-state index in [4.69, 9.17) is 12.2 Å². The molecule has 78 valence electrons. The molecule has 0 fully saturated rings. The van der Waals surface area contributed by atoms with Crippen molar-refractivity contribution in [2.45, 2.75) is 0 Å². The first-order valence-corrected chi connectivity index (χ1v) is 5.97. The van der Waals surface area contributed by atoms with Crippen LogP contribution in [0.2, 0.25) is 0 Å². The Balaban J connectivity index is 2.52. The van der Waals surface area contributed by atoms with E-state index in [1.165, 1.54) is 17.8 Å². The van der Waals surface area contributed by atoms with Crippen molar-refractivity contribution in [2.24, 2.45) is 0 Å². The summed E-state index contributed by atoms with van der Waals surface area (Å²) >= 11 is 6.20. The van der Waals surface area contributed by atoms with Gasteiger partial charge in [0.25, 0.3) is 0 Å². The van der Waals surface area contributed by atoms with Crippen LogP contribution in [0.25, 0.3) is 6.08 Å². The molecule has 0 saturated carbocycles. The van der Waals surface area contributed by atoms with Crippen LogP contribution in [-0.4, -0.2) is 16.5 Å². The highest BCUT2D eigenvalue weighted by molar-refractivity contribution is 8.22. The lowest BCUT2D eigenvalue weighted by Gasteiger charge is -1.98. The summed E-state index contributed by atoms with van der Waals surface area (Å²) in [6.45, 7) is 0. The molecule has 1 aromatic rings. The maximum atomic E-state index is 11.3. The molecule has 1 rings (SSSR count). The molecule has 0 radical (unpaired) electrons. The second-order valence-corrected chi connectivity index (χ2v) is 4.21. The monoisotopic (exact) mass is 237 g/mol. The molecule has 15 heavy (non-hydrogen) atoms. The Bertz CT molecular complexity index is 373. The number of amides is 1. The molecule has 0 heterocycles. The fraction of sp³-hybridized carbons (Fsp3) is 0.0909. The average Bonchev–Trinajstić information content (AvgIpc) is 2.27. The van der Waals surface area contributed by atoms with Gasteiger partial charge in [-0.25, -0.2) is 0 Å². The highest BCUT2D eigenvalue weighted by atomic mass is 32.2. The fourth-order valence-electron chi connectivity index (χ4n) is 0.929. The van der Waals surface area contributed by atoms with Gasteiger partial charge in [-0.3, -0.25) is 4.79 Å². The van der Waals surface area contributed by atoms with Gasteiger partial charge in [-0.05, 0) is 17.9 Å². The van der Waals surface area contributed by atoms with Gasteiger partial charge in [0.2, 0.25) is 5.91 Å². The van der Waals surface area contributed by atoms with Crippen LogP contribution < -0.4 is 5.32 Å². The standard InChI is InChI=1S/C11H11NOS2/c1-15-11(14)12-10(13)8-7-9-5-3-2-4-6-9/h2-8H,1H3,(H,12,13,14). The van der Waals surface area contributed by atoms with E-state index in [0.717, 1.165) is 5.56 Å². The predicted molar refractivity (Wildman–Crippen MR) is 69.7 cm³/mol. The molecule has 0 unspecified atom stereocenters. The van der Waals surface area contributed by atoms with Gasteiger partial charge in [0.05, 0.1) is 0 Å². The molecule has 2 nitrogen and oxygen atoms in total. The van der Waals surface area contributed by atoms with Crippen molar-refractivity contribution in [2.75, 3.05) is 6.26 Å². The maximum Gasteiger partial charge on any atom is 0.249 e. The van der Waals surface area contributed by atoms with E-state index in [1.807, 2.05) is 36.6 Å². The number of rotatable bonds is 2.